The van der Waals surface area contributed by atoms with Crippen molar-refractivity contribution in [2.75, 3.05) is 6.61 Å². The van der Waals surface area contributed by atoms with Crippen molar-refractivity contribution < 1.29 is 14.7 Å². The van der Waals surface area contributed by atoms with Gasteiger partial charge >= 0.3 is 0 Å². The van der Waals surface area contributed by atoms with Gasteiger partial charge in [-0.05, 0) is 24.8 Å². The first-order valence-electron chi connectivity index (χ1n) is 4.36. The molecule has 0 radical (unpaired) electrons. The highest BCUT2D eigenvalue weighted by Crippen LogP contribution is 2.26. The van der Waals surface area contributed by atoms with Crippen LogP contribution >= 0.6 is 22.9 Å². The predicted molar refractivity (Wildman–Crippen MR) is 59.2 cm³/mol. The minimum Gasteiger partial charge on any atom is -0.391 e. The Morgan fingerprint density at radius 3 is 2.93 bits per heavy atom. The first-order valence-corrected chi connectivity index (χ1v) is 5.62. The molecule has 1 unspecified atom stereocenters. The maximum atomic E-state index is 11.5. The number of hydroxylamine groups is 1. The Kier molecular flexibility index (Phi) is 4.53. The molecular weight excluding hydrogens is 238 g/mol. The zero-order valence-electron chi connectivity index (χ0n) is 8.41. The third-order valence-electron chi connectivity index (χ3n) is 1.59. The Morgan fingerprint density at radius 1 is 1.80 bits per heavy atom. The highest BCUT2D eigenvalue weighted by Gasteiger charge is 2.14. The summed E-state index contributed by atoms with van der Waals surface area (Å²) in [5.74, 6) is -0.390. The lowest BCUT2D eigenvalue weighted by Crippen LogP contribution is -2.26. The number of rotatable bonds is 4. The number of amides is 1. The van der Waals surface area contributed by atoms with Crippen molar-refractivity contribution in [3.8, 4) is 0 Å². The van der Waals surface area contributed by atoms with E-state index in [0.29, 0.717) is 9.90 Å². The van der Waals surface area contributed by atoms with Crippen molar-refractivity contribution in [1.29, 1.82) is 0 Å². The minimum atomic E-state index is -0.620. The third kappa shape index (κ3) is 3.46. The van der Waals surface area contributed by atoms with E-state index in [9.17, 15) is 4.79 Å². The summed E-state index contributed by atoms with van der Waals surface area (Å²) >= 11 is 7.15. The van der Waals surface area contributed by atoms with Crippen LogP contribution in [0.4, 0.5) is 0 Å². The van der Waals surface area contributed by atoms with E-state index < -0.39 is 12.0 Å². The van der Waals surface area contributed by atoms with E-state index in [1.807, 2.05) is 6.92 Å². The van der Waals surface area contributed by atoms with Crippen LogP contribution in [-0.4, -0.2) is 23.7 Å². The summed E-state index contributed by atoms with van der Waals surface area (Å²) in [6.45, 7) is 3.44. The van der Waals surface area contributed by atoms with Gasteiger partial charge in [0.1, 0.15) is 11.5 Å². The number of carbonyl (C=O) groups excluding carboxylic acids is 1. The van der Waals surface area contributed by atoms with Crippen LogP contribution in [-0.2, 0) is 4.84 Å². The van der Waals surface area contributed by atoms with Gasteiger partial charge in [-0.3, -0.25) is 9.63 Å². The number of halogens is 1. The van der Waals surface area contributed by atoms with E-state index in [-0.39, 0.29) is 6.61 Å². The summed E-state index contributed by atoms with van der Waals surface area (Å²) < 4.78 is 0. The van der Waals surface area contributed by atoms with Crippen LogP contribution in [0.1, 0.15) is 22.2 Å². The summed E-state index contributed by atoms with van der Waals surface area (Å²) in [5, 5.41) is 11.1. The molecule has 15 heavy (non-hydrogen) atoms. The second kappa shape index (κ2) is 5.46. The largest absolute Gasteiger partial charge is 0.391 e. The highest BCUT2D eigenvalue weighted by atomic mass is 35.5. The summed E-state index contributed by atoms with van der Waals surface area (Å²) in [6, 6.07) is 0. The fraction of sp³-hybridized carbons (Fsp3) is 0.444. The number of nitrogens with one attached hydrogen (secondary N) is 1. The topological polar surface area (TPSA) is 58.6 Å². The molecule has 0 saturated carbocycles. The van der Waals surface area contributed by atoms with E-state index >= 15 is 0 Å². The van der Waals surface area contributed by atoms with E-state index in [1.54, 1.807) is 12.3 Å². The van der Waals surface area contributed by atoms with Crippen molar-refractivity contribution in [3.63, 3.8) is 0 Å². The highest BCUT2D eigenvalue weighted by molar-refractivity contribution is 7.13. The van der Waals surface area contributed by atoms with Gasteiger partial charge in [-0.25, -0.2) is 5.48 Å². The molecular formula is C9H12ClNO3S. The summed E-state index contributed by atoms with van der Waals surface area (Å²) in [4.78, 5) is 16.7. The molecule has 0 aliphatic carbocycles. The molecule has 0 aliphatic rings. The minimum absolute atomic E-state index is 0.0493. The van der Waals surface area contributed by atoms with Gasteiger partial charge in [-0.1, -0.05) is 11.6 Å². The fourth-order valence-corrected chi connectivity index (χ4v) is 2.02. The Bertz CT molecular complexity index is 351. The number of hydrogen-bond acceptors (Lipinski definition) is 4. The van der Waals surface area contributed by atoms with Gasteiger partial charge in [-0.2, -0.15) is 0 Å². The molecule has 1 amide bonds. The van der Waals surface area contributed by atoms with Crippen LogP contribution in [0, 0.1) is 6.92 Å². The molecule has 0 spiro atoms. The second-order valence-electron chi connectivity index (χ2n) is 3.15. The standard InChI is InChI=1S/C9H12ClNO3S/c1-5-4-15-8(7(5)10)9(13)11-14-3-6(2)12/h4,6,12H,3H2,1-2H3,(H,11,13). The summed E-state index contributed by atoms with van der Waals surface area (Å²) in [5.41, 5.74) is 3.07. The van der Waals surface area contributed by atoms with Crippen LogP contribution in [0.5, 0.6) is 0 Å². The Balaban J connectivity index is 2.51. The zero-order valence-corrected chi connectivity index (χ0v) is 9.98. The van der Waals surface area contributed by atoms with Crippen molar-refractivity contribution >= 4 is 28.8 Å². The van der Waals surface area contributed by atoms with Crippen LogP contribution in [0.3, 0.4) is 0 Å². The molecule has 1 aromatic heterocycles. The lowest BCUT2D eigenvalue weighted by atomic mass is 10.3. The van der Waals surface area contributed by atoms with Crippen LogP contribution in [0.2, 0.25) is 5.02 Å². The molecule has 1 rings (SSSR count). The molecule has 1 atom stereocenters. The van der Waals surface area contributed by atoms with E-state index in [2.05, 4.69) is 5.48 Å². The molecule has 1 aromatic rings. The lowest BCUT2D eigenvalue weighted by Gasteiger charge is -2.06. The normalized spacial score (nSPS) is 12.5. The summed E-state index contributed by atoms with van der Waals surface area (Å²) in [7, 11) is 0. The molecule has 0 aromatic carbocycles. The quantitative estimate of drug-likeness (QED) is 0.800. The van der Waals surface area contributed by atoms with Gasteiger partial charge in [0.05, 0.1) is 11.1 Å². The first kappa shape index (κ1) is 12.4. The number of aliphatic hydroxyl groups excluding tert-OH is 1. The molecule has 0 aliphatic heterocycles. The molecule has 6 heteroatoms. The van der Waals surface area contributed by atoms with Gasteiger partial charge in [0.25, 0.3) is 5.91 Å². The van der Waals surface area contributed by atoms with Crippen LogP contribution in [0.15, 0.2) is 5.38 Å². The van der Waals surface area contributed by atoms with E-state index in [0.717, 1.165) is 5.56 Å². The van der Waals surface area contributed by atoms with Gasteiger partial charge < -0.3 is 5.11 Å². The van der Waals surface area contributed by atoms with Gasteiger partial charge in [0, 0.05) is 0 Å². The molecule has 0 fully saturated rings. The average molecular weight is 250 g/mol. The average Bonchev–Trinajstić information content (AvgIpc) is 2.47. The predicted octanol–water partition coefficient (Wildman–Crippen LogP) is 1.75. The van der Waals surface area contributed by atoms with Gasteiger partial charge in [-0.15, -0.1) is 11.3 Å². The number of thiophene rings is 1. The summed E-state index contributed by atoms with van der Waals surface area (Å²) in [6.07, 6.45) is -0.620. The monoisotopic (exact) mass is 249 g/mol. The van der Waals surface area contributed by atoms with Crippen molar-refractivity contribution in [1.82, 2.24) is 5.48 Å². The van der Waals surface area contributed by atoms with Crippen molar-refractivity contribution in [3.05, 3.63) is 20.8 Å². The van der Waals surface area contributed by atoms with Gasteiger partial charge in [0.15, 0.2) is 0 Å². The zero-order chi connectivity index (χ0) is 11.4. The molecule has 4 nitrogen and oxygen atoms in total. The van der Waals surface area contributed by atoms with Crippen LogP contribution < -0.4 is 5.48 Å². The molecule has 84 valence electrons. The van der Waals surface area contributed by atoms with Gasteiger partial charge in [0.2, 0.25) is 0 Å². The molecule has 1 heterocycles. The molecule has 2 N–H and O–H groups in total. The van der Waals surface area contributed by atoms with Crippen LogP contribution in [0.25, 0.3) is 0 Å². The first-order chi connectivity index (χ1) is 7.02. The van der Waals surface area contributed by atoms with E-state index in [1.165, 1.54) is 11.3 Å². The maximum Gasteiger partial charge on any atom is 0.286 e. The van der Waals surface area contributed by atoms with Crippen molar-refractivity contribution in [2.24, 2.45) is 0 Å². The third-order valence-corrected chi connectivity index (χ3v) is 3.29. The second-order valence-corrected chi connectivity index (χ2v) is 4.41. The Labute approximate surface area is 96.8 Å². The Hall–Kier alpha value is -0.620. The fourth-order valence-electron chi connectivity index (χ4n) is 0.857. The molecule has 0 bridgehead atoms. The maximum absolute atomic E-state index is 11.5. The number of aliphatic hydroxyl groups is 1. The van der Waals surface area contributed by atoms with Crippen molar-refractivity contribution in [2.45, 2.75) is 20.0 Å². The SMILES string of the molecule is Cc1csc(C(=O)NOCC(C)O)c1Cl. The van der Waals surface area contributed by atoms with E-state index in [4.69, 9.17) is 21.5 Å². The number of carbonyl (C=O) groups is 1. The Morgan fingerprint density at radius 2 is 2.47 bits per heavy atom. The number of aryl methyl sites for hydroxylation is 1. The smallest absolute Gasteiger partial charge is 0.286 e. The lowest BCUT2D eigenvalue weighted by molar-refractivity contribution is -0.00664. The number of hydrogen-bond donors (Lipinski definition) is 2. The molecule has 0 saturated heterocycles.